The fraction of sp³-hybridized carbons (Fsp3) is 0.417. The molecule has 1 aromatic rings. The second-order valence-corrected chi connectivity index (χ2v) is 4.37. The first kappa shape index (κ1) is 11.4. The number of hydrogen-bond donors (Lipinski definition) is 0. The minimum absolute atomic E-state index is 0.0243. The van der Waals surface area contributed by atoms with E-state index in [2.05, 4.69) is 6.07 Å². The Balaban J connectivity index is 1.92. The quantitative estimate of drug-likeness (QED) is 0.577. The molecule has 0 aromatic heterocycles. The van der Waals surface area contributed by atoms with Crippen molar-refractivity contribution >= 4 is 5.69 Å². The highest BCUT2D eigenvalue weighted by atomic mass is 16.6. The van der Waals surface area contributed by atoms with Gasteiger partial charge < -0.3 is 4.74 Å². The van der Waals surface area contributed by atoms with Gasteiger partial charge in [-0.25, -0.2) is 0 Å². The third-order valence-corrected chi connectivity index (χ3v) is 3.00. The number of nitriles is 1. The zero-order valence-electron chi connectivity index (χ0n) is 9.26. The average Bonchev–Trinajstić information content (AvgIpc) is 3.08. The summed E-state index contributed by atoms with van der Waals surface area (Å²) in [7, 11) is 0. The molecule has 0 saturated heterocycles. The number of rotatable bonds is 5. The summed E-state index contributed by atoms with van der Waals surface area (Å²) in [5, 5.41) is 19.1. The molecule has 1 fully saturated rings. The predicted octanol–water partition coefficient (Wildman–Crippen LogP) is 2.67. The van der Waals surface area contributed by atoms with E-state index in [4.69, 9.17) is 10.00 Å². The van der Waals surface area contributed by atoms with Crippen LogP contribution in [-0.4, -0.2) is 11.5 Å². The fourth-order valence-corrected chi connectivity index (χ4v) is 1.62. The monoisotopic (exact) mass is 232 g/mol. The molecule has 0 atom stereocenters. The fourth-order valence-electron chi connectivity index (χ4n) is 1.62. The van der Waals surface area contributed by atoms with E-state index in [1.165, 1.54) is 12.1 Å². The Bertz CT molecular complexity index is 458. The van der Waals surface area contributed by atoms with Gasteiger partial charge in [0.05, 0.1) is 17.6 Å². The SMILES string of the molecule is N#CCC1(COc2ccc([N+](=O)[O-])cc2)CC1. The Morgan fingerprint density at radius 1 is 1.41 bits per heavy atom. The van der Waals surface area contributed by atoms with Crippen molar-refractivity contribution in [3.8, 4) is 11.8 Å². The van der Waals surface area contributed by atoms with Crippen LogP contribution < -0.4 is 4.74 Å². The van der Waals surface area contributed by atoms with Crippen LogP contribution in [-0.2, 0) is 0 Å². The van der Waals surface area contributed by atoms with E-state index in [1.807, 2.05) is 0 Å². The molecule has 2 rings (SSSR count). The minimum atomic E-state index is -0.443. The highest BCUT2D eigenvalue weighted by molar-refractivity contribution is 5.36. The molecule has 5 nitrogen and oxygen atoms in total. The Labute approximate surface area is 98.8 Å². The molecule has 1 aliphatic rings. The molecule has 17 heavy (non-hydrogen) atoms. The van der Waals surface area contributed by atoms with Crippen LogP contribution in [0.1, 0.15) is 19.3 Å². The Morgan fingerprint density at radius 3 is 2.53 bits per heavy atom. The van der Waals surface area contributed by atoms with E-state index in [0.29, 0.717) is 18.8 Å². The second-order valence-electron chi connectivity index (χ2n) is 4.37. The van der Waals surface area contributed by atoms with Gasteiger partial charge in [-0.05, 0) is 25.0 Å². The third kappa shape index (κ3) is 2.72. The van der Waals surface area contributed by atoms with Crippen molar-refractivity contribution in [1.29, 1.82) is 5.26 Å². The molecule has 0 amide bonds. The molecule has 0 unspecified atom stereocenters. The van der Waals surface area contributed by atoms with Gasteiger partial charge in [0.2, 0.25) is 0 Å². The summed E-state index contributed by atoms with van der Waals surface area (Å²) >= 11 is 0. The first-order valence-electron chi connectivity index (χ1n) is 5.39. The lowest BCUT2D eigenvalue weighted by Crippen LogP contribution is -2.12. The average molecular weight is 232 g/mol. The maximum absolute atomic E-state index is 10.5. The molecule has 0 radical (unpaired) electrons. The predicted molar refractivity (Wildman–Crippen MR) is 60.5 cm³/mol. The van der Waals surface area contributed by atoms with Crippen molar-refractivity contribution in [2.75, 3.05) is 6.61 Å². The number of ether oxygens (including phenoxy) is 1. The lowest BCUT2D eigenvalue weighted by molar-refractivity contribution is -0.384. The van der Waals surface area contributed by atoms with Crippen LogP contribution in [0, 0.1) is 26.9 Å². The Kier molecular flexibility index (Phi) is 2.96. The van der Waals surface area contributed by atoms with E-state index < -0.39 is 4.92 Å². The van der Waals surface area contributed by atoms with Crippen molar-refractivity contribution in [3.05, 3.63) is 34.4 Å². The van der Waals surface area contributed by atoms with Gasteiger partial charge >= 0.3 is 0 Å². The molecule has 88 valence electrons. The van der Waals surface area contributed by atoms with E-state index in [1.54, 1.807) is 12.1 Å². The first-order chi connectivity index (χ1) is 8.15. The number of benzene rings is 1. The smallest absolute Gasteiger partial charge is 0.269 e. The summed E-state index contributed by atoms with van der Waals surface area (Å²) in [4.78, 5) is 10.0. The summed E-state index contributed by atoms with van der Waals surface area (Å²) in [5.41, 5.74) is 0.0757. The number of nitro benzene ring substituents is 1. The largest absolute Gasteiger partial charge is 0.493 e. The summed E-state index contributed by atoms with van der Waals surface area (Å²) in [6, 6.07) is 8.16. The van der Waals surface area contributed by atoms with Gasteiger partial charge in [-0.3, -0.25) is 10.1 Å². The molecule has 1 aliphatic carbocycles. The lowest BCUT2D eigenvalue weighted by atomic mass is 10.1. The molecular weight excluding hydrogens is 220 g/mol. The van der Waals surface area contributed by atoms with E-state index in [-0.39, 0.29) is 11.1 Å². The van der Waals surface area contributed by atoms with Gasteiger partial charge in [0, 0.05) is 24.0 Å². The number of nitrogens with zero attached hydrogens (tertiary/aromatic N) is 2. The number of nitro groups is 1. The van der Waals surface area contributed by atoms with Crippen LogP contribution in [0.25, 0.3) is 0 Å². The van der Waals surface area contributed by atoms with Crippen LogP contribution in [0.2, 0.25) is 0 Å². The van der Waals surface area contributed by atoms with E-state index in [9.17, 15) is 10.1 Å². The van der Waals surface area contributed by atoms with Crippen molar-refractivity contribution < 1.29 is 9.66 Å². The van der Waals surface area contributed by atoms with Gasteiger partial charge in [0.25, 0.3) is 5.69 Å². The molecule has 1 aromatic carbocycles. The van der Waals surface area contributed by atoms with Crippen molar-refractivity contribution in [2.45, 2.75) is 19.3 Å². The highest BCUT2D eigenvalue weighted by Gasteiger charge is 2.43. The standard InChI is InChI=1S/C12H12N2O3/c13-8-7-12(5-6-12)9-17-11-3-1-10(2-4-11)14(15)16/h1-4H,5-7,9H2. The normalized spacial score (nSPS) is 15.9. The van der Waals surface area contributed by atoms with E-state index in [0.717, 1.165) is 12.8 Å². The summed E-state index contributed by atoms with van der Waals surface area (Å²) in [6.45, 7) is 0.512. The number of hydrogen-bond acceptors (Lipinski definition) is 4. The molecule has 0 spiro atoms. The van der Waals surface area contributed by atoms with Crippen molar-refractivity contribution in [2.24, 2.45) is 5.41 Å². The first-order valence-corrected chi connectivity index (χ1v) is 5.39. The minimum Gasteiger partial charge on any atom is -0.493 e. The summed E-state index contributed by atoms with van der Waals surface area (Å²) < 4.78 is 5.55. The van der Waals surface area contributed by atoms with Crippen molar-refractivity contribution in [3.63, 3.8) is 0 Å². The molecule has 0 aliphatic heterocycles. The second kappa shape index (κ2) is 4.42. The van der Waals surface area contributed by atoms with Crippen molar-refractivity contribution in [1.82, 2.24) is 0 Å². The van der Waals surface area contributed by atoms with Gasteiger partial charge in [-0.2, -0.15) is 5.26 Å². The van der Waals surface area contributed by atoms with E-state index >= 15 is 0 Å². The van der Waals surface area contributed by atoms with Gasteiger partial charge in [-0.1, -0.05) is 0 Å². The van der Waals surface area contributed by atoms with Crippen LogP contribution in [0.4, 0.5) is 5.69 Å². The van der Waals surface area contributed by atoms with Crippen LogP contribution in [0.5, 0.6) is 5.75 Å². The molecular formula is C12H12N2O3. The van der Waals surface area contributed by atoms with Crippen LogP contribution >= 0.6 is 0 Å². The lowest BCUT2D eigenvalue weighted by Gasteiger charge is -2.12. The Hall–Kier alpha value is -2.09. The molecule has 5 heteroatoms. The van der Waals surface area contributed by atoms with Gasteiger partial charge in [0.1, 0.15) is 5.75 Å². The molecule has 1 saturated carbocycles. The highest BCUT2D eigenvalue weighted by Crippen LogP contribution is 2.48. The maximum Gasteiger partial charge on any atom is 0.269 e. The topological polar surface area (TPSA) is 76.2 Å². The maximum atomic E-state index is 10.5. The zero-order valence-corrected chi connectivity index (χ0v) is 9.26. The van der Waals surface area contributed by atoms with Gasteiger partial charge in [0.15, 0.2) is 0 Å². The van der Waals surface area contributed by atoms with Gasteiger partial charge in [-0.15, -0.1) is 0 Å². The summed E-state index contributed by atoms with van der Waals surface area (Å²) in [6.07, 6.45) is 2.56. The Morgan fingerprint density at radius 2 is 2.06 bits per heavy atom. The summed E-state index contributed by atoms with van der Waals surface area (Å²) in [5.74, 6) is 0.611. The number of non-ortho nitro benzene ring substituents is 1. The molecule has 0 bridgehead atoms. The van der Waals surface area contributed by atoms with Crippen LogP contribution in [0.15, 0.2) is 24.3 Å². The third-order valence-electron chi connectivity index (χ3n) is 3.00. The zero-order chi connectivity index (χ0) is 12.3. The molecule has 0 N–H and O–H groups in total. The van der Waals surface area contributed by atoms with Crippen LogP contribution in [0.3, 0.4) is 0 Å². The molecule has 0 heterocycles.